The summed E-state index contributed by atoms with van der Waals surface area (Å²) in [6, 6.07) is 7.83. The van der Waals surface area contributed by atoms with E-state index in [1.54, 1.807) is 0 Å². The first-order valence-electron chi connectivity index (χ1n) is 6.32. The Kier molecular flexibility index (Phi) is 5.19. The molecule has 0 spiro atoms. The number of hydrogen-bond acceptors (Lipinski definition) is 4. The van der Waals surface area contributed by atoms with Crippen LogP contribution in [0.1, 0.15) is 12.0 Å². The number of halogens is 1. The van der Waals surface area contributed by atoms with E-state index in [9.17, 15) is 4.79 Å². The molecule has 1 fully saturated rings. The topological polar surface area (TPSA) is 38.8 Å². The van der Waals surface area contributed by atoms with Gasteiger partial charge in [-0.1, -0.05) is 23.7 Å². The number of rotatable bonds is 4. The molecule has 5 heteroatoms. The minimum absolute atomic E-state index is 0.0830. The number of carbonyl (C=O) groups excluding carboxylic acids is 1. The third-order valence-corrected chi connectivity index (χ3v) is 3.38. The van der Waals surface area contributed by atoms with Gasteiger partial charge in [0.05, 0.1) is 26.2 Å². The minimum atomic E-state index is -0.227. The first-order chi connectivity index (χ1) is 9.17. The lowest BCUT2D eigenvalue weighted by atomic mass is 10.1. The zero-order valence-corrected chi connectivity index (χ0v) is 11.7. The third-order valence-electron chi connectivity index (χ3n) is 3.14. The van der Waals surface area contributed by atoms with Crippen molar-refractivity contribution in [2.75, 3.05) is 26.8 Å². The molecule has 19 heavy (non-hydrogen) atoms. The monoisotopic (exact) mass is 283 g/mol. The summed E-state index contributed by atoms with van der Waals surface area (Å²) in [5, 5.41) is 0.747. The largest absolute Gasteiger partial charge is 0.469 e. The van der Waals surface area contributed by atoms with Gasteiger partial charge in [-0.3, -0.25) is 9.69 Å². The maximum absolute atomic E-state index is 11.3. The molecule has 1 aromatic rings. The number of carbonyl (C=O) groups is 1. The molecule has 0 N–H and O–H groups in total. The number of nitrogens with zero attached hydrogens (tertiary/aromatic N) is 1. The second-order valence-corrected chi connectivity index (χ2v) is 5.07. The summed E-state index contributed by atoms with van der Waals surface area (Å²) in [6.07, 6.45) is 0.225. The number of methoxy groups -OCH3 is 1. The van der Waals surface area contributed by atoms with Gasteiger partial charge < -0.3 is 9.47 Å². The van der Waals surface area contributed by atoms with Crippen molar-refractivity contribution in [2.45, 2.75) is 19.1 Å². The standard InChI is InChI=1S/C14H18ClNO3/c1-18-14(17)8-13-10-16(5-6-19-13)9-11-3-2-4-12(15)7-11/h2-4,7,13H,5-6,8-10H2,1H3/t13-/m0/s1. The minimum Gasteiger partial charge on any atom is -0.469 e. The molecule has 1 saturated heterocycles. The molecule has 104 valence electrons. The lowest BCUT2D eigenvalue weighted by Crippen LogP contribution is -2.42. The normalized spacial score (nSPS) is 20.2. The van der Waals surface area contributed by atoms with Gasteiger partial charge >= 0.3 is 5.97 Å². The highest BCUT2D eigenvalue weighted by Crippen LogP contribution is 2.16. The molecule has 0 aliphatic carbocycles. The summed E-state index contributed by atoms with van der Waals surface area (Å²) >= 11 is 5.97. The van der Waals surface area contributed by atoms with Crippen molar-refractivity contribution in [2.24, 2.45) is 0 Å². The fourth-order valence-electron chi connectivity index (χ4n) is 2.21. The molecule has 0 saturated carbocycles. The number of benzene rings is 1. The molecule has 1 aliphatic heterocycles. The van der Waals surface area contributed by atoms with E-state index in [0.717, 1.165) is 24.7 Å². The fourth-order valence-corrected chi connectivity index (χ4v) is 2.42. The molecule has 0 unspecified atom stereocenters. The number of ether oxygens (including phenoxy) is 2. The van der Waals surface area contributed by atoms with Crippen LogP contribution in [0.2, 0.25) is 5.02 Å². The fraction of sp³-hybridized carbons (Fsp3) is 0.500. The molecule has 1 aromatic carbocycles. The van der Waals surface area contributed by atoms with Crippen molar-refractivity contribution >= 4 is 17.6 Å². The summed E-state index contributed by atoms with van der Waals surface area (Å²) in [6.45, 7) is 3.07. The van der Waals surface area contributed by atoms with Gasteiger partial charge in [0.1, 0.15) is 0 Å². The van der Waals surface area contributed by atoms with Gasteiger partial charge in [-0.15, -0.1) is 0 Å². The lowest BCUT2D eigenvalue weighted by molar-refractivity contribution is -0.145. The van der Waals surface area contributed by atoms with Crippen LogP contribution in [-0.4, -0.2) is 43.8 Å². The molecule has 0 amide bonds. The smallest absolute Gasteiger partial charge is 0.308 e. The molecule has 1 atom stereocenters. The van der Waals surface area contributed by atoms with Crippen molar-refractivity contribution in [3.8, 4) is 0 Å². The predicted molar refractivity (Wildman–Crippen MR) is 73.1 cm³/mol. The number of hydrogen-bond donors (Lipinski definition) is 0. The van der Waals surface area contributed by atoms with Crippen molar-refractivity contribution < 1.29 is 14.3 Å². The van der Waals surface area contributed by atoms with E-state index in [1.807, 2.05) is 18.2 Å². The summed E-state index contributed by atoms with van der Waals surface area (Å²) in [7, 11) is 1.40. The van der Waals surface area contributed by atoms with Crippen molar-refractivity contribution in [3.63, 3.8) is 0 Å². The molecule has 1 heterocycles. The van der Waals surface area contributed by atoms with Crippen LogP contribution in [-0.2, 0) is 20.8 Å². The Morgan fingerprint density at radius 2 is 2.42 bits per heavy atom. The number of morpholine rings is 1. The average Bonchev–Trinajstić information content (AvgIpc) is 2.39. The van der Waals surface area contributed by atoms with E-state index in [1.165, 1.54) is 12.7 Å². The van der Waals surface area contributed by atoms with E-state index in [0.29, 0.717) is 13.0 Å². The molecular formula is C14H18ClNO3. The van der Waals surface area contributed by atoms with Gasteiger partial charge in [0.15, 0.2) is 0 Å². The van der Waals surface area contributed by atoms with E-state index in [-0.39, 0.29) is 12.1 Å². The van der Waals surface area contributed by atoms with Gasteiger partial charge in [-0.25, -0.2) is 0 Å². The van der Waals surface area contributed by atoms with Crippen molar-refractivity contribution in [3.05, 3.63) is 34.9 Å². The van der Waals surface area contributed by atoms with Gasteiger partial charge in [-0.05, 0) is 17.7 Å². The summed E-state index contributed by atoms with van der Waals surface area (Å²) in [5.74, 6) is -0.227. The average molecular weight is 284 g/mol. The van der Waals surface area contributed by atoms with Crippen LogP contribution in [0.4, 0.5) is 0 Å². The molecule has 0 aromatic heterocycles. The third kappa shape index (κ3) is 4.49. The zero-order valence-electron chi connectivity index (χ0n) is 11.0. The summed E-state index contributed by atoms with van der Waals surface area (Å²) < 4.78 is 10.2. The van der Waals surface area contributed by atoms with Gasteiger partial charge in [0.25, 0.3) is 0 Å². The summed E-state index contributed by atoms with van der Waals surface area (Å²) in [5.41, 5.74) is 1.17. The van der Waals surface area contributed by atoms with E-state index in [2.05, 4.69) is 15.7 Å². The highest BCUT2D eigenvalue weighted by Gasteiger charge is 2.23. The molecule has 1 aliphatic rings. The van der Waals surface area contributed by atoms with E-state index < -0.39 is 0 Å². The maximum atomic E-state index is 11.3. The molecule has 4 nitrogen and oxygen atoms in total. The van der Waals surface area contributed by atoms with Gasteiger partial charge in [0, 0.05) is 24.7 Å². The van der Waals surface area contributed by atoms with Crippen LogP contribution >= 0.6 is 11.6 Å². The molecule has 0 radical (unpaired) electrons. The maximum Gasteiger partial charge on any atom is 0.308 e. The van der Waals surface area contributed by atoms with Crippen molar-refractivity contribution in [1.29, 1.82) is 0 Å². The Labute approximate surface area is 118 Å². The highest BCUT2D eigenvalue weighted by atomic mass is 35.5. The predicted octanol–water partition coefficient (Wildman–Crippen LogP) is 2.10. The Hall–Kier alpha value is -1.10. The Bertz CT molecular complexity index is 438. The summed E-state index contributed by atoms with van der Waals surface area (Å²) in [4.78, 5) is 13.5. The number of esters is 1. The van der Waals surface area contributed by atoms with Crippen LogP contribution in [0, 0.1) is 0 Å². The van der Waals surface area contributed by atoms with Crippen LogP contribution in [0.3, 0.4) is 0 Å². The second-order valence-electron chi connectivity index (χ2n) is 4.64. The highest BCUT2D eigenvalue weighted by molar-refractivity contribution is 6.30. The lowest BCUT2D eigenvalue weighted by Gasteiger charge is -2.32. The Balaban J connectivity index is 1.89. The first-order valence-corrected chi connectivity index (χ1v) is 6.70. The molecule has 2 rings (SSSR count). The van der Waals surface area contributed by atoms with Crippen LogP contribution < -0.4 is 0 Å². The van der Waals surface area contributed by atoms with Crippen LogP contribution in [0.15, 0.2) is 24.3 Å². The Morgan fingerprint density at radius 1 is 1.58 bits per heavy atom. The molecular weight excluding hydrogens is 266 g/mol. The SMILES string of the molecule is COC(=O)C[C@H]1CN(Cc2cccc(Cl)c2)CCO1. The van der Waals surface area contributed by atoms with Crippen LogP contribution in [0.5, 0.6) is 0 Å². The van der Waals surface area contributed by atoms with Crippen molar-refractivity contribution in [1.82, 2.24) is 4.90 Å². The van der Waals surface area contributed by atoms with E-state index in [4.69, 9.17) is 16.3 Å². The van der Waals surface area contributed by atoms with Crippen LogP contribution in [0.25, 0.3) is 0 Å². The van der Waals surface area contributed by atoms with Gasteiger partial charge in [0.2, 0.25) is 0 Å². The first kappa shape index (κ1) is 14.3. The zero-order chi connectivity index (χ0) is 13.7. The quantitative estimate of drug-likeness (QED) is 0.794. The van der Waals surface area contributed by atoms with Gasteiger partial charge in [-0.2, -0.15) is 0 Å². The molecule has 0 bridgehead atoms. The second kappa shape index (κ2) is 6.89. The van der Waals surface area contributed by atoms with E-state index >= 15 is 0 Å². The Morgan fingerprint density at radius 3 is 3.16 bits per heavy atom.